The number of carbonyl (C=O) groups is 2. The van der Waals surface area contributed by atoms with Gasteiger partial charge in [-0.1, -0.05) is 0 Å². The Labute approximate surface area is 80.1 Å². The van der Waals surface area contributed by atoms with Crippen LogP contribution in [0.4, 0.5) is 0 Å². The van der Waals surface area contributed by atoms with Crippen molar-refractivity contribution < 1.29 is 29.6 Å². The molecule has 0 bridgehead atoms. The monoisotopic (exact) mass is 204 g/mol. The number of aliphatic hydroxyl groups excluding tert-OH is 3. The molecular weight excluding hydrogens is 192 g/mol. The Kier molecular flexibility index (Phi) is 3.70. The zero-order valence-electron chi connectivity index (χ0n) is 7.37. The van der Waals surface area contributed by atoms with Crippen molar-refractivity contribution in [2.45, 2.75) is 30.8 Å². The molecule has 1 saturated heterocycles. The lowest BCUT2D eigenvalue weighted by atomic mass is 9.97. The van der Waals surface area contributed by atoms with Crippen LogP contribution in [0.2, 0.25) is 0 Å². The number of Topliss-reactive ketones (excluding diaryl/α,β-unsaturated/α-hetero) is 1. The minimum atomic E-state index is -1.34. The summed E-state index contributed by atoms with van der Waals surface area (Å²) in [6.07, 6.45) is -4.92. The van der Waals surface area contributed by atoms with Gasteiger partial charge in [-0.15, -0.1) is 0 Å². The summed E-state index contributed by atoms with van der Waals surface area (Å²) >= 11 is 0. The highest BCUT2D eigenvalue weighted by Crippen LogP contribution is 2.17. The van der Waals surface area contributed by atoms with E-state index in [0.29, 0.717) is 0 Å². The van der Waals surface area contributed by atoms with Crippen LogP contribution < -0.4 is 0 Å². The minimum absolute atomic E-state index is 0.132. The summed E-state index contributed by atoms with van der Waals surface area (Å²) in [4.78, 5) is 20.7. The van der Waals surface area contributed by atoms with Crippen molar-refractivity contribution in [3.63, 3.8) is 0 Å². The van der Waals surface area contributed by atoms with Crippen LogP contribution in [0.15, 0.2) is 0 Å². The van der Waals surface area contributed by atoms with E-state index in [-0.39, 0.29) is 19.3 Å². The summed E-state index contributed by atoms with van der Waals surface area (Å²) in [5.74, 6) is -0.711. The van der Waals surface area contributed by atoms with Crippen molar-refractivity contribution in [3.05, 3.63) is 0 Å². The van der Waals surface area contributed by atoms with Crippen LogP contribution in [0.3, 0.4) is 0 Å². The first-order valence-corrected chi connectivity index (χ1v) is 4.20. The molecule has 4 atom stereocenters. The van der Waals surface area contributed by atoms with Crippen molar-refractivity contribution >= 4 is 12.1 Å². The third-order valence-corrected chi connectivity index (χ3v) is 2.14. The van der Waals surface area contributed by atoms with E-state index in [2.05, 4.69) is 0 Å². The van der Waals surface area contributed by atoms with E-state index < -0.39 is 30.2 Å². The molecule has 1 rings (SSSR count). The molecular formula is C8H12O6. The van der Waals surface area contributed by atoms with Gasteiger partial charge >= 0.3 is 0 Å². The lowest BCUT2D eigenvalue weighted by molar-refractivity contribution is -0.188. The number of hydrogen-bond acceptors (Lipinski definition) is 6. The SMILES string of the molecule is O=CC(=O)CC1OCC(O)C(O)C1O. The van der Waals surface area contributed by atoms with Gasteiger partial charge in [-0.2, -0.15) is 0 Å². The topological polar surface area (TPSA) is 104 Å². The first-order chi connectivity index (χ1) is 6.56. The Morgan fingerprint density at radius 2 is 2.00 bits per heavy atom. The Morgan fingerprint density at radius 3 is 2.57 bits per heavy atom. The lowest BCUT2D eigenvalue weighted by Crippen LogP contribution is -2.53. The summed E-state index contributed by atoms with van der Waals surface area (Å²) < 4.78 is 4.91. The molecule has 0 saturated carbocycles. The molecule has 0 aromatic rings. The summed E-state index contributed by atoms with van der Waals surface area (Å²) in [5.41, 5.74) is 0. The highest BCUT2D eigenvalue weighted by Gasteiger charge is 2.38. The van der Waals surface area contributed by atoms with Crippen LogP contribution in [0.5, 0.6) is 0 Å². The number of aliphatic hydroxyl groups is 3. The van der Waals surface area contributed by atoms with E-state index in [9.17, 15) is 19.8 Å². The minimum Gasteiger partial charge on any atom is -0.388 e. The van der Waals surface area contributed by atoms with Gasteiger partial charge in [-0.25, -0.2) is 0 Å². The van der Waals surface area contributed by atoms with Gasteiger partial charge in [0.2, 0.25) is 0 Å². The Hall–Kier alpha value is -0.820. The molecule has 1 aliphatic heterocycles. The average Bonchev–Trinajstić information content (AvgIpc) is 2.19. The third kappa shape index (κ3) is 2.36. The normalized spacial score (nSPS) is 37.9. The lowest BCUT2D eigenvalue weighted by Gasteiger charge is -2.34. The Balaban J connectivity index is 2.54. The molecule has 0 aromatic carbocycles. The highest BCUT2D eigenvalue weighted by atomic mass is 16.5. The fourth-order valence-electron chi connectivity index (χ4n) is 1.29. The van der Waals surface area contributed by atoms with Gasteiger partial charge in [0, 0.05) is 6.42 Å². The number of carbonyl (C=O) groups excluding carboxylic acids is 2. The fraction of sp³-hybridized carbons (Fsp3) is 0.750. The van der Waals surface area contributed by atoms with Crippen molar-refractivity contribution in [3.8, 4) is 0 Å². The maximum absolute atomic E-state index is 10.7. The van der Waals surface area contributed by atoms with Crippen molar-refractivity contribution in [1.82, 2.24) is 0 Å². The molecule has 0 aliphatic carbocycles. The molecule has 1 aliphatic rings. The highest BCUT2D eigenvalue weighted by molar-refractivity contribution is 6.25. The molecule has 0 radical (unpaired) electrons. The summed E-state index contributed by atoms with van der Waals surface area (Å²) in [6, 6.07) is 0. The number of hydrogen-bond donors (Lipinski definition) is 3. The largest absolute Gasteiger partial charge is 0.388 e. The van der Waals surface area contributed by atoms with Crippen LogP contribution in [0.1, 0.15) is 6.42 Å². The molecule has 0 amide bonds. The van der Waals surface area contributed by atoms with E-state index >= 15 is 0 Å². The van der Waals surface area contributed by atoms with Gasteiger partial charge in [-0.05, 0) is 0 Å². The molecule has 1 fully saturated rings. The second kappa shape index (κ2) is 4.61. The van der Waals surface area contributed by atoms with Crippen molar-refractivity contribution in [2.24, 2.45) is 0 Å². The van der Waals surface area contributed by atoms with E-state index in [1.807, 2.05) is 0 Å². The fourth-order valence-corrected chi connectivity index (χ4v) is 1.29. The first-order valence-electron chi connectivity index (χ1n) is 4.20. The molecule has 1 heterocycles. The van der Waals surface area contributed by atoms with Crippen LogP contribution in [-0.2, 0) is 14.3 Å². The van der Waals surface area contributed by atoms with Gasteiger partial charge in [0.25, 0.3) is 0 Å². The summed E-state index contributed by atoms with van der Waals surface area (Å²) in [5, 5.41) is 27.6. The van der Waals surface area contributed by atoms with Crippen molar-refractivity contribution in [1.29, 1.82) is 0 Å². The van der Waals surface area contributed by atoms with Gasteiger partial charge in [0.05, 0.1) is 12.7 Å². The number of ketones is 1. The van der Waals surface area contributed by atoms with E-state index in [1.54, 1.807) is 0 Å². The second-order valence-corrected chi connectivity index (χ2v) is 3.21. The zero-order valence-corrected chi connectivity index (χ0v) is 7.37. The van der Waals surface area contributed by atoms with Crippen LogP contribution >= 0.6 is 0 Å². The zero-order chi connectivity index (χ0) is 10.7. The molecule has 0 spiro atoms. The van der Waals surface area contributed by atoms with Gasteiger partial charge in [0.15, 0.2) is 12.1 Å². The number of aldehydes is 1. The van der Waals surface area contributed by atoms with Gasteiger partial charge in [0.1, 0.15) is 18.3 Å². The number of rotatable bonds is 3. The third-order valence-electron chi connectivity index (χ3n) is 2.14. The van der Waals surface area contributed by atoms with Crippen molar-refractivity contribution in [2.75, 3.05) is 6.61 Å². The van der Waals surface area contributed by atoms with Gasteiger partial charge < -0.3 is 20.1 Å². The Bertz CT molecular complexity index is 228. The standard InChI is InChI=1S/C8H12O6/c9-2-4(10)1-6-8(13)7(12)5(11)3-14-6/h2,5-8,11-13H,1,3H2. The van der Waals surface area contributed by atoms with Gasteiger partial charge in [-0.3, -0.25) is 9.59 Å². The van der Waals surface area contributed by atoms with E-state index in [1.165, 1.54) is 0 Å². The molecule has 4 unspecified atom stereocenters. The summed E-state index contributed by atoms with van der Waals surface area (Å²) in [7, 11) is 0. The predicted octanol–water partition coefficient (Wildman–Crippen LogP) is -2.37. The van der Waals surface area contributed by atoms with Crippen LogP contribution in [-0.4, -0.2) is 58.4 Å². The van der Waals surface area contributed by atoms with E-state index in [0.717, 1.165) is 0 Å². The second-order valence-electron chi connectivity index (χ2n) is 3.21. The quantitative estimate of drug-likeness (QED) is 0.350. The summed E-state index contributed by atoms with van der Waals surface area (Å²) in [6.45, 7) is -0.158. The molecule has 0 aromatic heterocycles. The average molecular weight is 204 g/mol. The number of ether oxygens (including phenoxy) is 1. The molecule has 80 valence electrons. The molecule has 3 N–H and O–H groups in total. The predicted molar refractivity (Wildman–Crippen MR) is 43.4 cm³/mol. The first kappa shape index (κ1) is 11.3. The van der Waals surface area contributed by atoms with Crippen LogP contribution in [0.25, 0.3) is 0 Å². The van der Waals surface area contributed by atoms with Crippen LogP contribution in [0, 0.1) is 0 Å². The molecule has 6 nitrogen and oxygen atoms in total. The smallest absolute Gasteiger partial charge is 0.197 e. The Morgan fingerprint density at radius 1 is 1.36 bits per heavy atom. The molecule has 14 heavy (non-hydrogen) atoms. The molecule has 6 heteroatoms. The maximum Gasteiger partial charge on any atom is 0.197 e. The maximum atomic E-state index is 10.7. The van der Waals surface area contributed by atoms with E-state index in [4.69, 9.17) is 9.84 Å².